The van der Waals surface area contributed by atoms with Crippen molar-refractivity contribution in [2.24, 2.45) is 5.92 Å². The maximum absolute atomic E-state index is 13.8. The van der Waals surface area contributed by atoms with Gasteiger partial charge in [0.2, 0.25) is 0 Å². The molecule has 2 unspecified atom stereocenters. The van der Waals surface area contributed by atoms with Crippen LogP contribution in [0.1, 0.15) is 68.4 Å². The zero-order chi connectivity index (χ0) is 18.5. The fraction of sp³-hybridized carbons (Fsp3) is 0.520. The van der Waals surface area contributed by atoms with E-state index in [4.69, 9.17) is 0 Å². The summed E-state index contributed by atoms with van der Waals surface area (Å²) in [7, 11) is 0. The minimum atomic E-state index is -0.0994. The van der Waals surface area contributed by atoms with Gasteiger partial charge in [0.05, 0.1) is 0 Å². The predicted molar refractivity (Wildman–Crippen MR) is 111 cm³/mol. The van der Waals surface area contributed by atoms with Crippen LogP contribution >= 0.6 is 0 Å². The molecule has 1 nitrogen and oxygen atoms in total. The first-order valence-corrected chi connectivity index (χ1v) is 10.8. The summed E-state index contributed by atoms with van der Waals surface area (Å²) in [6.07, 6.45) is 22.2. The van der Waals surface area contributed by atoms with E-state index >= 15 is 0 Å². The Kier molecular flexibility index (Phi) is 6.24. The number of hydrogen-bond acceptors (Lipinski definition) is 1. The van der Waals surface area contributed by atoms with Crippen molar-refractivity contribution in [1.82, 2.24) is 5.32 Å². The van der Waals surface area contributed by atoms with Crippen LogP contribution < -0.4 is 5.32 Å². The van der Waals surface area contributed by atoms with Crippen LogP contribution in [0.3, 0.4) is 0 Å². The van der Waals surface area contributed by atoms with Gasteiger partial charge in [0.1, 0.15) is 5.82 Å². The smallest absolute Gasteiger partial charge is 0.123 e. The Morgan fingerprint density at radius 1 is 1.04 bits per heavy atom. The second kappa shape index (κ2) is 9.01. The van der Waals surface area contributed by atoms with E-state index in [1.807, 2.05) is 6.07 Å². The van der Waals surface area contributed by atoms with E-state index in [1.165, 1.54) is 48.8 Å². The molecule has 0 bridgehead atoms. The molecular weight excluding hydrogens is 333 g/mol. The predicted octanol–water partition coefficient (Wildman–Crippen LogP) is 6.23. The van der Waals surface area contributed by atoms with Crippen LogP contribution in [0.4, 0.5) is 4.39 Å². The fourth-order valence-electron chi connectivity index (χ4n) is 5.10. The molecule has 2 heteroatoms. The first-order valence-electron chi connectivity index (χ1n) is 10.8. The highest BCUT2D eigenvalue weighted by Crippen LogP contribution is 2.37. The van der Waals surface area contributed by atoms with E-state index in [1.54, 1.807) is 12.1 Å². The van der Waals surface area contributed by atoms with Crippen LogP contribution in [0.5, 0.6) is 0 Å². The number of rotatable bonds is 5. The molecule has 3 aliphatic carbocycles. The molecular formula is C25H32FN. The van der Waals surface area contributed by atoms with Crippen LogP contribution in [-0.2, 0) is 6.42 Å². The summed E-state index contributed by atoms with van der Waals surface area (Å²) >= 11 is 0. The molecule has 1 saturated carbocycles. The topological polar surface area (TPSA) is 12.0 Å². The molecule has 0 heterocycles. The quantitative estimate of drug-likeness (QED) is 0.652. The third-order valence-electron chi connectivity index (χ3n) is 6.61. The summed E-state index contributed by atoms with van der Waals surface area (Å²) in [5.74, 6) is 1.17. The maximum Gasteiger partial charge on any atom is 0.123 e. The molecule has 1 fully saturated rings. The van der Waals surface area contributed by atoms with Crippen molar-refractivity contribution < 1.29 is 4.39 Å². The first kappa shape index (κ1) is 18.7. The van der Waals surface area contributed by atoms with Crippen molar-refractivity contribution in [2.75, 3.05) is 6.54 Å². The maximum atomic E-state index is 13.8. The van der Waals surface area contributed by atoms with Gasteiger partial charge in [0.15, 0.2) is 0 Å². The Bertz CT molecular complexity index is 724. The molecule has 1 aromatic carbocycles. The summed E-state index contributed by atoms with van der Waals surface area (Å²) < 4.78 is 13.8. The SMILES string of the molecule is Fc1ccc2c(c1)CCC(NCC1CCCCC1)C2CC1=CC=CCC=C1. The van der Waals surface area contributed by atoms with Crippen LogP contribution in [0.15, 0.2) is 54.2 Å². The number of aryl methyl sites for hydroxylation is 1. The third-order valence-corrected chi connectivity index (χ3v) is 6.61. The normalized spacial score (nSPS) is 25.7. The third kappa shape index (κ3) is 4.79. The van der Waals surface area contributed by atoms with Crippen molar-refractivity contribution in [2.45, 2.75) is 69.7 Å². The number of nitrogens with one attached hydrogen (secondary N) is 1. The van der Waals surface area contributed by atoms with Crippen LogP contribution in [0.25, 0.3) is 0 Å². The van der Waals surface area contributed by atoms with Crippen LogP contribution in [0.2, 0.25) is 0 Å². The van der Waals surface area contributed by atoms with Gasteiger partial charge in [0.25, 0.3) is 0 Å². The summed E-state index contributed by atoms with van der Waals surface area (Å²) in [5, 5.41) is 3.94. The number of benzene rings is 1. The minimum absolute atomic E-state index is 0.0994. The van der Waals surface area contributed by atoms with Gasteiger partial charge < -0.3 is 5.32 Å². The molecule has 27 heavy (non-hydrogen) atoms. The highest BCUT2D eigenvalue weighted by Gasteiger charge is 2.30. The molecule has 1 aromatic rings. The molecule has 0 aliphatic heterocycles. The molecule has 1 N–H and O–H groups in total. The van der Waals surface area contributed by atoms with E-state index in [0.717, 1.165) is 38.1 Å². The lowest BCUT2D eigenvalue weighted by atomic mass is 9.75. The lowest BCUT2D eigenvalue weighted by molar-refractivity contribution is 0.301. The lowest BCUT2D eigenvalue weighted by Crippen LogP contribution is -2.41. The minimum Gasteiger partial charge on any atom is -0.313 e. The average molecular weight is 366 g/mol. The number of fused-ring (bicyclic) bond motifs is 1. The molecule has 0 spiro atoms. The van der Waals surface area contributed by atoms with E-state index in [2.05, 4.69) is 35.7 Å². The summed E-state index contributed by atoms with van der Waals surface area (Å²) in [6.45, 7) is 1.15. The highest BCUT2D eigenvalue weighted by atomic mass is 19.1. The Labute approximate surface area is 163 Å². The Balaban J connectivity index is 1.52. The first-order chi connectivity index (χ1) is 13.3. The van der Waals surface area contributed by atoms with Gasteiger partial charge >= 0.3 is 0 Å². The van der Waals surface area contributed by atoms with Gasteiger partial charge in [0, 0.05) is 12.0 Å². The fourth-order valence-corrected chi connectivity index (χ4v) is 5.10. The van der Waals surface area contributed by atoms with Gasteiger partial charge in [-0.3, -0.25) is 0 Å². The lowest BCUT2D eigenvalue weighted by Gasteiger charge is -2.36. The van der Waals surface area contributed by atoms with Gasteiger partial charge in [-0.15, -0.1) is 0 Å². The van der Waals surface area contributed by atoms with Crippen molar-refractivity contribution in [1.29, 1.82) is 0 Å². The zero-order valence-electron chi connectivity index (χ0n) is 16.3. The molecule has 2 atom stereocenters. The molecule has 0 aromatic heterocycles. The number of halogens is 1. The van der Waals surface area contributed by atoms with E-state index in [9.17, 15) is 4.39 Å². The number of allylic oxidation sites excluding steroid dienone is 6. The summed E-state index contributed by atoms with van der Waals surface area (Å²) in [5.41, 5.74) is 3.95. The van der Waals surface area contributed by atoms with Gasteiger partial charge in [-0.1, -0.05) is 55.7 Å². The monoisotopic (exact) mass is 365 g/mol. The van der Waals surface area contributed by atoms with Crippen molar-refractivity contribution in [3.05, 3.63) is 71.1 Å². The Hall–Kier alpha value is -1.67. The van der Waals surface area contributed by atoms with Gasteiger partial charge in [-0.25, -0.2) is 4.39 Å². The van der Waals surface area contributed by atoms with E-state index < -0.39 is 0 Å². The van der Waals surface area contributed by atoms with E-state index in [0.29, 0.717) is 12.0 Å². The molecule has 4 rings (SSSR count). The van der Waals surface area contributed by atoms with Crippen molar-refractivity contribution in [3.63, 3.8) is 0 Å². The van der Waals surface area contributed by atoms with Crippen LogP contribution in [0, 0.1) is 11.7 Å². The van der Waals surface area contributed by atoms with Crippen molar-refractivity contribution >= 4 is 0 Å². The standard InChI is InChI=1S/C25H32FN/c26-22-13-14-23-21(17-22)12-15-25(27-18-20-10-6-3-7-11-20)24(23)16-19-8-4-1-2-5-9-19/h1,4-5,8-9,13-14,17,20,24-25,27H,2-3,6-7,10-12,15-16,18H2. The molecule has 0 saturated heterocycles. The average Bonchev–Trinajstić information content (AvgIpc) is 2.97. The summed E-state index contributed by atoms with van der Waals surface area (Å²) in [4.78, 5) is 0. The van der Waals surface area contributed by atoms with Crippen LogP contribution in [-0.4, -0.2) is 12.6 Å². The zero-order valence-corrected chi connectivity index (χ0v) is 16.3. The van der Waals surface area contributed by atoms with Gasteiger partial charge in [-0.2, -0.15) is 0 Å². The molecule has 0 radical (unpaired) electrons. The van der Waals surface area contributed by atoms with E-state index in [-0.39, 0.29) is 5.82 Å². The largest absolute Gasteiger partial charge is 0.313 e. The molecule has 3 aliphatic rings. The molecule has 144 valence electrons. The Morgan fingerprint density at radius 2 is 1.93 bits per heavy atom. The second-order valence-corrected chi connectivity index (χ2v) is 8.52. The summed E-state index contributed by atoms with van der Waals surface area (Å²) in [6, 6.07) is 5.94. The number of hydrogen-bond donors (Lipinski definition) is 1. The highest BCUT2D eigenvalue weighted by molar-refractivity contribution is 5.38. The van der Waals surface area contributed by atoms with Crippen molar-refractivity contribution in [3.8, 4) is 0 Å². The van der Waals surface area contributed by atoms with Gasteiger partial charge in [-0.05, 0) is 79.8 Å². The second-order valence-electron chi connectivity index (χ2n) is 8.52. The molecule has 0 amide bonds. The Morgan fingerprint density at radius 3 is 2.81 bits per heavy atom.